The summed E-state index contributed by atoms with van der Waals surface area (Å²) in [6.45, 7) is 3.36. The third-order valence-electron chi connectivity index (χ3n) is 5.98. The molecular weight excluding hydrogens is 252 g/mol. The minimum absolute atomic E-state index is 0.559. The predicted molar refractivity (Wildman–Crippen MR) is 80.3 cm³/mol. The average Bonchev–Trinajstić information content (AvgIpc) is 2.73. The minimum Gasteiger partial charge on any atom is -0.269 e. The fourth-order valence-corrected chi connectivity index (χ4v) is 6.93. The van der Waals surface area contributed by atoms with Crippen LogP contribution in [0.25, 0.3) is 0 Å². The summed E-state index contributed by atoms with van der Waals surface area (Å²) in [5, 5.41) is 4.55. The second-order valence-electron chi connectivity index (χ2n) is 7.48. The highest BCUT2D eigenvalue weighted by Gasteiger charge is 2.57. The molecule has 1 aromatic heterocycles. The quantitative estimate of drug-likeness (QED) is 0.833. The monoisotopic (exact) mass is 276 g/mol. The third kappa shape index (κ3) is 1.88. The Kier molecular flexibility index (Phi) is 2.61. The molecule has 0 amide bonds. The van der Waals surface area contributed by atoms with Gasteiger partial charge in [0, 0.05) is 23.2 Å². The zero-order chi connectivity index (χ0) is 13.1. The molecule has 2 atom stereocenters. The van der Waals surface area contributed by atoms with Crippen LogP contribution in [0.2, 0.25) is 0 Å². The fraction of sp³-hybridized carbons (Fsp3) is 0.812. The van der Waals surface area contributed by atoms with Gasteiger partial charge in [0.25, 0.3) is 0 Å². The molecule has 0 N–H and O–H groups in total. The van der Waals surface area contributed by atoms with Crippen molar-refractivity contribution in [1.82, 2.24) is 9.78 Å². The van der Waals surface area contributed by atoms with Crippen molar-refractivity contribution in [2.45, 2.75) is 56.7 Å². The maximum atomic E-state index is 4.55. The van der Waals surface area contributed by atoms with Crippen LogP contribution in [0, 0.1) is 24.2 Å². The van der Waals surface area contributed by atoms with Gasteiger partial charge in [0.2, 0.25) is 0 Å². The lowest BCUT2D eigenvalue weighted by Gasteiger charge is -2.61. The van der Waals surface area contributed by atoms with E-state index in [1.165, 1.54) is 50.8 Å². The molecule has 0 spiro atoms. The molecule has 3 heteroatoms. The van der Waals surface area contributed by atoms with Crippen LogP contribution in [0.1, 0.15) is 44.2 Å². The second-order valence-corrected chi connectivity index (χ2v) is 8.75. The van der Waals surface area contributed by atoms with Gasteiger partial charge in [0.1, 0.15) is 0 Å². The number of aromatic nitrogens is 2. The van der Waals surface area contributed by atoms with Gasteiger partial charge in [-0.1, -0.05) is 0 Å². The van der Waals surface area contributed by atoms with Crippen molar-refractivity contribution in [3.63, 3.8) is 0 Å². The highest BCUT2D eigenvalue weighted by Crippen LogP contribution is 2.65. The summed E-state index contributed by atoms with van der Waals surface area (Å²) in [4.78, 5) is 0. The summed E-state index contributed by atoms with van der Waals surface area (Å²) in [5.41, 5.74) is 1.89. The number of thioether (sulfide) groups is 1. The van der Waals surface area contributed by atoms with Crippen molar-refractivity contribution in [3.05, 3.63) is 18.0 Å². The van der Waals surface area contributed by atoms with E-state index in [1.807, 2.05) is 6.20 Å². The van der Waals surface area contributed by atoms with E-state index in [2.05, 4.69) is 40.8 Å². The van der Waals surface area contributed by atoms with E-state index in [4.69, 9.17) is 0 Å². The molecule has 4 fully saturated rings. The highest BCUT2D eigenvalue weighted by molar-refractivity contribution is 8.00. The topological polar surface area (TPSA) is 17.8 Å². The SMILES string of the molecule is CSC12CC3CC(CC(Cn4nccc4C)(C3)C1)C2. The van der Waals surface area contributed by atoms with Gasteiger partial charge < -0.3 is 0 Å². The molecule has 5 rings (SSSR count). The third-order valence-corrected chi connectivity index (χ3v) is 7.32. The van der Waals surface area contributed by atoms with Gasteiger partial charge in [-0.3, -0.25) is 4.68 Å². The van der Waals surface area contributed by atoms with Gasteiger partial charge in [0.05, 0.1) is 0 Å². The number of aryl methyl sites for hydroxylation is 1. The van der Waals surface area contributed by atoms with E-state index in [1.54, 1.807) is 0 Å². The highest BCUT2D eigenvalue weighted by atomic mass is 32.2. The first kappa shape index (κ1) is 12.3. The van der Waals surface area contributed by atoms with Gasteiger partial charge in [-0.15, -0.1) is 0 Å². The number of nitrogens with zero attached hydrogens (tertiary/aromatic N) is 2. The van der Waals surface area contributed by atoms with Crippen LogP contribution in [0.5, 0.6) is 0 Å². The summed E-state index contributed by atoms with van der Waals surface area (Å²) < 4.78 is 2.88. The molecule has 0 radical (unpaired) electrons. The largest absolute Gasteiger partial charge is 0.269 e. The van der Waals surface area contributed by atoms with Crippen LogP contribution < -0.4 is 0 Å². The standard InChI is InChI=1S/C16H24N2S/c1-12-3-4-17-18(12)11-15-6-13-5-14(7-15)9-16(8-13,10-15)19-2/h3-4,13-14H,5-11H2,1-2H3. The fourth-order valence-electron chi connectivity index (χ4n) is 5.67. The molecule has 0 aliphatic heterocycles. The normalized spacial score (nSPS) is 43.9. The molecule has 2 unspecified atom stereocenters. The van der Waals surface area contributed by atoms with Crippen LogP contribution in [0.4, 0.5) is 0 Å². The van der Waals surface area contributed by atoms with Crippen molar-refractivity contribution in [3.8, 4) is 0 Å². The van der Waals surface area contributed by atoms with Crippen molar-refractivity contribution < 1.29 is 0 Å². The van der Waals surface area contributed by atoms with Crippen LogP contribution in [0.3, 0.4) is 0 Å². The molecule has 19 heavy (non-hydrogen) atoms. The van der Waals surface area contributed by atoms with E-state index < -0.39 is 0 Å². The maximum Gasteiger partial charge on any atom is 0.0492 e. The molecule has 4 aliphatic carbocycles. The van der Waals surface area contributed by atoms with Crippen molar-refractivity contribution in [2.24, 2.45) is 17.3 Å². The predicted octanol–water partition coefficient (Wildman–Crippen LogP) is 3.89. The summed E-state index contributed by atoms with van der Waals surface area (Å²) in [6, 6.07) is 2.14. The van der Waals surface area contributed by atoms with Crippen LogP contribution in [-0.4, -0.2) is 20.8 Å². The Morgan fingerprint density at radius 2 is 2.05 bits per heavy atom. The van der Waals surface area contributed by atoms with Gasteiger partial charge in [-0.25, -0.2) is 0 Å². The molecule has 0 aromatic carbocycles. The Morgan fingerprint density at radius 3 is 2.63 bits per heavy atom. The number of hydrogen-bond donors (Lipinski definition) is 0. The Bertz CT molecular complexity index is 479. The summed E-state index contributed by atoms with van der Waals surface area (Å²) in [5.74, 6) is 2.01. The van der Waals surface area contributed by atoms with Crippen LogP contribution in [0.15, 0.2) is 12.3 Å². The van der Waals surface area contributed by atoms with E-state index in [0.717, 1.165) is 11.8 Å². The lowest BCUT2D eigenvalue weighted by atomic mass is 9.49. The average molecular weight is 276 g/mol. The molecule has 4 saturated carbocycles. The Hall–Kier alpha value is -0.440. The van der Waals surface area contributed by atoms with E-state index in [9.17, 15) is 0 Å². The molecule has 0 saturated heterocycles. The minimum atomic E-state index is 0.559. The van der Waals surface area contributed by atoms with E-state index in [0.29, 0.717) is 10.2 Å². The van der Waals surface area contributed by atoms with E-state index >= 15 is 0 Å². The second kappa shape index (κ2) is 4.03. The first-order chi connectivity index (χ1) is 9.12. The first-order valence-electron chi connectivity index (χ1n) is 7.66. The molecule has 1 aromatic rings. The van der Waals surface area contributed by atoms with E-state index in [-0.39, 0.29) is 0 Å². The molecule has 2 nitrogen and oxygen atoms in total. The number of hydrogen-bond acceptors (Lipinski definition) is 2. The van der Waals surface area contributed by atoms with Gasteiger partial charge in [-0.2, -0.15) is 16.9 Å². The maximum absolute atomic E-state index is 4.55. The van der Waals surface area contributed by atoms with Crippen LogP contribution >= 0.6 is 11.8 Å². The number of rotatable bonds is 3. The van der Waals surface area contributed by atoms with Gasteiger partial charge in [-0.05, 0) is 75.0 Å². The molecule has 4 bridgehead atoms. The van der Waals surface area contributed by atoms with Gasteiger partial charge >= 0.3 is 0 Å². The van der Waals surface area contributed by atoms with Crippen molar-refractivity contribution in [2.75, 3.05) is 6.26 Å². The molecule has 4 aliphatic rings. The van der Waals surface area contributed by atoms with Crippen molar-refractivity contribution >= 4 is 11.8 Å². The van der Waals surface area contributed by atoms with Crippen molar-refractivity contribution in [1.29, 1.82) is 0 Å². The smallest absolute Gasteiger partial charge is 0.0492 e. The van der Waals surface area contributed by atoms with Crippen LogP contribution in [-0.2, 0) is 6.54 Å². The zero-order valence-corrected chi connectivity index (χ0v) is 12.9. The lowest BCUT2D eigenvalue weighted by molar-refractivity contribution is -0.0492. The summed E-state index contributed by atoms with van der Waals surface area (Å²) in [6.07, 6.45) is 13.2. The summed E-state index contributed by atoms with van der Waals surface area (Å²) >= 11 is 2.17. The molecule has 104 valence electrons. The molecular formula is C16H24N2S. The Balaban J connectivity index is 1.65. The summed E-state index contributed by atoms with van der Waals surface area (Å²) in [7, 11) is 0. The molecule has 1 heterocycles. The Morgan fingerprint density at radius 1 is 1.32 bits per heavy atom. The first-order valence-corrected chi connectivity index (χ1v) is 8.88. The van der Waals surface area contributed by atoms with Gasteiger partial charge in [0.15, 0.2) is 0 Å². The Labute approximate surface area is 120 Å². The lowest BCUT2D eigenvalue weighted by Crippen LogP contribution is -2.55. The zero-order valence-electron chi connectivity index (χ0n) is 12.1.